The van der Waals surface area contributed by atoms with Crippen LogP contribution in [-0.2, 0) is 4.74 Å². The SMILES string of the molecule is Cc1cccc2c(C(=O)O)nc(C3CCOCC3)n12. The van der Waals surface area contributed by atoms with Gasteiger partial charge in [0.2, 0.25) is 0 Å². The Morgan fingerprint density at radius 2 is 2.16 bits per heavy atom. The van der Waals surface area contributed by atoms with Gasteiger partial charge in [0.25, 0.3) is 0 Å². The standard InChI is InChI=1S/C14H16N2O3/c1-9-3-2-4-11-12(14(17)18)15-13(16(9)11)10-5-7-19-8-6-10/h2-4,10H,5-8H2,1H3,(H,17,18). The Bertz CT molecular complexity index is 627. The van der Waals surface area contributed by atoms with Crippen molar-refractivity contribution in [2.75, 3.05) is 13.2 Å². The number of aromatic carboxylic acids is 1. The predicted octanol–water partition coefficient (Wildman–Crippen LogP) is 2.23. The third-order valence-corrected chi connectivity index (χ3v) is 3.67. The number of hydrogen-bond acceptors (Lipinski definition) is 3. The van der Waals surface area contributed by atoms with Crippen molar-refractivity contribution >= 4 is 11.5 Å². The highest BCUT2D eigenvalue weighted by Gasteiger charge is 2.25. The molecule has 5 nitrogen and oxygen atoms in total. The van der Waals surface area contributed by atoms with Crippen molar-refractivity contribution in [1.82, 2.24) is 9.38 Å². The summed E-state index contributed by atoms with van der Waals surface area (Å²) in [5.41, 5.74) is 1.83. The van der Waals surface area contributed by atoms with E-state index in [4.69, 9.17) is 4.74 Å². The van der Waals surface area contributed by atoms with Gasteiger partial charge in [0, 0.05) is 24.8 Å². The van der Waals surface area contributed by atoms with Crippen LogP contribution >= 0.6 is 0 Å². The normalized spacial score (nSPS) is 16.9. The lowest BCUT2D eigenvalue weighted by molar-refractivity contribution is 0.0692. The number of pyridine rings is 1. The van der Waals surface area contributed by atoms with Crippen LogP contribution in [0, 0.1) is 6.92 Å². The van der Waals surface area contributed by atoms with Crippen LogP contribution in [-0.4, -0.2) is 33.7 Å². The fourth-order valence-electron chi connectivity index (χ4n) is 2.72. The first-order valence-corrected chi connectivity index (χ1v) is 6.47. The average Bonchev–Trinajstić information content (AvgIpc) is 2.81. The van der Waals surface area contributed by atoms with Crippen LogP contribution in [0.3, 0.4) is 0 Å². The lowest BCUT2D eigenvalue weighted by Gasteiger charge is -2.21. The molecule has 1 fully saturated rings. The molecule has 0 bridgehead atoms. The first-order valence-electron chi connectivity index (χ1n) is 6.47. The lowest BCUT2D eigenvalue weighted by atomic mass is 9.99. The minimum absolute atomic E-state index is 0.144. The molecule has 0 radical (unpaired) electrons. The minimum atomic E-state index is -0.971. The summed E-state index contributed by atoms with van der Waals surface area (Å²) in [4.78, 5) is 15.7. The van der Waals surface area contributed by atoms with Crippen LogP contribution < -0.4 is 0 Å². The molecule has 0 saturated carbocycles. The first-order chi connectivity index (χ1) is 9.18. The smallest absolute Gasteiger partial charge is 0.356 e. The molecule has 0 amide bonds. The van der Waals surface area contributed by atoms with Crippen molar-refractivity contribution in [2.24, 2.45) is 0 Å². The molecule has 1 aliphatic heterocycles. The Labute approximate surface area is 110 Å². The van der Waals surface area contributed by atoms with Gasteiger partial charge < -0.3 is 9.84 Å². The summed E-state index contributed by atoms with van der Waals surface area (Å²) in [6.45, 7) is 3.41. The molecule has 2 aromatic heterocycles. The van der Waals surface area contributed by atoms with E-state index in [1.807, 2.05) is 29.5 Å². The van der Waals surface area contributed by atoms with Crippen LogP contribution in [0.15, 0.2) is 18.2 Å². The van der Waals surface area contributed by atoms with Gasteiger partial charge in [-0.25, -0.2) is 9.78 Å². The third kappa shape index (κ3) is 2.00. The first kappa shape index (κ1) is 12.2. The number of nitrogens with zero attached hydrogens (tertiary/aromatic N) is 2. The lowest BCUT2D eigenvalue weighted by Crippen LogP contribution is -2.17. The summed E-state index contributed by atoms with van der Waals surface area (Å²) in [7, 11) is 0. The van der Waals surface area contributed by atoms with E-state index in [0.717, 1.165) is 24.4 Å². The van der Waals surface area contributed by atoms with E-state index < -0.39 is 5.97 Å². The van der Waals surface area contributed by atoms with E-state index >= 15 is 0 Å². The monoisotopic (exact) mass is 260 g/mol. The van der Waals surface area contributed by atoms with E-state index in [-0.39, 0.29) is 11.6 Å². The number of carboxylic acid groups (broad SMARTS) is 1. The molecule has 0 spiro atoms. The van der Waals surface area contributed by atoms with Crippen molar-refractivity contribution in [3.8, 4) is 0 Å². The molecule has 1 N–H and O–H groups in total. The Kier molecular flexibility index (Phi) is 2.98. The summed E-state index contributed by atoms with van der Waals surface area (Å²) in [5.74, 6) is 0.158. The number of aromatic nitrogens is 2. The third-order valence-electron chi connectivity index (χ3n) is 3.67. The minimum Gasteiger partial charge on any atom is -0.476 e. The van der Waals surface area contributed by atoms with Crippen molar-refractivity contribution in [2.45, 2.75) is 25.7 Å². The topological polar surface area (TPSA) is 63.8 Å². The fraction of sp³-hybridized carbons (Fsp3) is 0.429. The molecular formula is C14H16N2O3. The summed E-state index contributed by atoms with van der Waals surface area (Å²) in [5, 5.41) is 9.28. The summed E-state index contributed by atoms with van der Waals surface area (Å²) in [6, 6.07) is 5.65. The quantitative estimate of drug-likeness (QED) is 0.899. The van der Waals surface area contributed by atoms with Gasteiger partial charge >= 0.3 is 5.97 Å². The van der Waals surface area contributed by atoms with Gasteiger partial charge in [0.15, 0.2) is 5.69 Å². The molecule has 3 rings (SSSR count). The molecule has 100 valence electrons. The number of rotatable bonds is 2. The predicted molar refractivity (Wildman–Crippen MR) is 69.7 cm³/mol. The van der Waals surface area contributed by atoms with Crippen LogP contribution in [0.5, 0.6) is 0 Å². The number of imidazole rings is 1. The van der Waals surface area contributed by atoms with E-state index in [0.29, 0.717) is 18.7 Å². The van der Waals surface area contributed by atoms with Crippen molar-refractivity contribution in [3.63, 3.8) is 0 Å². The second kappa shape index (κ2) is 4.66. The molecule has 5 heteroatoms. The average molecular weight is 260 g/mol. The molecule has 0 atom stereocenters. The molecule has 0 unspecified atom stereocenters. The Hall–Kier alpha value is -1.88. The number of hydrogen-bond donors (Lipinski definition) is 1. The van der Waals surface area contributed by atoms with E-state index in [1.54, 1.807) is 0 Å². The zero-order valence-electron chi connectivity index (χ0n) is 10.8. The van der Waals surface area contributed by atoms with Gasteiger partial charge in [0.05, 0.1) is 5.52 Å². The highest BCUT2D eigenvalue weighted by Crippen LogP contribution is 2.29. The maximum absolute atomic E-state index is 11.3. The number of carboxylic acids is 1. The van der Waals surface area contributed by atoms with Crippen LogP contribution in [0.1, 0.15) is 40.8 Å². The number of fused-ring (bicyclic) bond motifs is 1. The van der Waals surface area contributed by atoms with Gasteiger partial charge in [-0.3, -0.25) is 4.40 Å². The van der Waals surface area contributed by atoms with Crippen LogP contribution in [0.2, 0.25) is 0 Å². The summed E-state index contributed by atoms with van der Waals surface area (Å²) >= 11 is 0. The van der Waals surface area contributed by atoms with E-state index in [9.17, 15) is 9.90 Å². The highest BCUT2D eigenvalue weighted by molar-refractivity contribution is 5.93. The number of aryl methyl sites for hydroxylation is 1. The fourth-order valence-corrected chi connectivity index (χ4v) is 2.72. The van der Waals surface area contributed by atoms with E-state index in [2.05, 4.69) is 4.98 Å². The van der Waals surface area contributed by atoms with Gasteiger partial charge in [-0.05, 0) is 31.9 Å². The molecule has 3 heterocycles. The summed E-state index contributed by atoms with van der Waals surface area (Å²) < 4.78 is 7.34. The van der Waals surface area contributed by atoms with Gasteiger partial charge in [-0.2, -0.15) is 0 Å². The number of ether oxygens (including phenoxy) is 1. The number of carbonyl (C=O) groups is 1. The Morgan fingerprint density at radius 1 is 1.42 bits per heavy atom. The van der Waals surface area contributed by atoms with E-state index in [1.165, 1.54) is 0 Å². The molecule has 0 aromatic carbocycles. The van der Waals surface area contributed by atoms with Gasteiger partial charge in [0.1, 0.15) is 5.82 Å². The molecule has 1 saturated heterocycles. The van der Waals surface area contributed by atoms with Crippen LogP contribution in [0.4, 0.5) is 0 Å². The Morgan fingerprint density at radius 3 is 2.84 bits per heavy atom. The summed E-state index contributed by atoms with van der Waals surface area (Å²) in [6.07, 6.45) is 1.79. The maximum Gasteiger partial charge on any atom is 0.356 e. The molecular weight excluding hydrogens is 244 g/mol. The Balaban J connectivity index is 2.20. The van der Waals surface area contributed by atoms with Crippen molar-refractivity contribution < 1.29 is 14.6 Å². The zero-order chi connectivity index (χ0) is 13.4. The van der Waals surface area contributed by atoms with Gasteiger partial charge in [-0.1, -0.05) is 6.07 Å². The second-order valence-electron chi connectivity index (χ2n) is 4.90. The van der Waals surface area contributed by atoms with Crippen LogP contribution in [0.25, 0.3) is 5.52 Å². The molecule has 1 aliphatic rings. The molecule has 0 aliphatic carbocycles. The molecule has 19 heavy (non-hydrogen) atoms. The molecule has 2 aromatic rings. The maximum atomic E-state index is 11.3. The zero-order valence-corrected chi connectivity index (χ0v) is 10.8. The van der Waals surface area contributed by atoms with Gasteiger partial charge in [-0.15, -0.1) is 0 Å². The van der Waals surface area contributed by atoms with Crippen molar-refractivity contribution in [1.29, 1.82) is 0 Å². The largest absolute Gasteiger partial charge is 0.476 e. The highest BCUT2D eigenvalue weighted by atomic mass is 16.5. The van der Waals surface area contributed by atoms with Crippen molar-refractivity contribution in [3.05, 3.63) is 35.4 Å². The second-order valence-corrected chi connectivity index (χ2v) is 4.90.